The lowest BCUT2D eigenvalue weighted by Gasteiger charge is -2.21. The number of unbranched alkanes of at least 4 members (excludes halogenated alkanes) is 1. The summed E-state index contributed by atoms with van der Waals surface area (Å²) in [6.07, 6.45) is 3.99. The molecule has 0 N–H and O–H groups in total. The van der Waals surface area contributed by atoms with Crippen molar-refractivity contribution < 1.29 is 0 Å². The van der Waals surface area contributed by atoms with Gasteiger partial charge in [-0.1, -0.05) is 31.5 Å². The molecule has 1 aromatic heterocycles. The molecular formula is C16H22N4. The summed E-state index contributed by atoms with van der Waals surface area (Å²) >= 11 is 0. The van der Waals surface area contributed by atoms with Gasteiger partial charge in [-0.25, -0.2) is 9.97 Å². The number of hydrogen-bond acceptors (Lipinski definition) is 4. The summed E-state index contributed by atoms with van der Waals surface area (Å²) < 4.78 is 0. The molecule has 1 heterocycles. The van der Waals surface area contributed by atoms with E-state index in [0.29, 0.717) is 0 Å². The van der Waals surface area contributed by atoms with Crippen LogP contribution in [-0.4, -0.2) is 30.6 Å². The molecule has 0 atom stereocenters. The minimum Gasteiger partial charge on any atom is -0.360 e. The van der Waals surface area contributed by atoms with Crippen LogP contribution in [-0.2, 0) is 0 Å². The van der Waals surface area contributed by atoms with Gasteiger partial charge in [0.15, 0.2) is 0 Å². The van der Waals surface area contributed by atoms with Crippen molar-refractivity contribution in [3.63, 3.8) is 0 Å². The van der Waals surface area contributed by atoms with Crippen LogP contribution in [0.5, 0.6) is 0 Å². The lowest BCUT2D eigenvalue weighted by Crippen LogP contribution is -2.20. The first kappa shape index (κ1) is 14.3. The topological polar surface area (TPSA) is 32.3 Å². The monoisotopic (exact) mass is 270 g/mol. The zero-order valence-corrected chi connectivity index (χ0v) is 12.5. The van der Waals surface area contributed by atoms with Gasteiger partial charge in [-0.15, -0.1) is 0 Å². The van der Waals surface area contributed by atoms with E-state index in [9.17, 15) is 0 Å². The van der Waals surface area contributed by atoms with E-state index >= 15 is 0 Å². The van der Waals surface area contributed by atoms with E-state index in [-0.39, 0.29) is 0 Å². The third kappa shape index (κ3) is 3.47. The van der Waals surface area contributed by atoms with Gasteiger partial charge in [0, 0.05) is 32.4 Å². The van der Waals surface area contributed by atoms with Crippen molar-refractivity contribution in [1.29, 1.82) is 0 Å². The maximum atomic E-state index is 4.37. The summed E-state index contributed by atoms with van der Waals surface area (Å²) in [5, 5.41) is 0. The van der Waals surface area contributed by atoms with E-state index in [1.54, 1.807) is 6.33 Å². The van der Waals surface area contributed by atoms with Crippen molar-refractivity contribution >= 4 is 17.3 Å². The highest BCUT2D eigenvalue weighted by Gasteiger charge is 2.08. The second-order valence-corrected chi connectivity index (χ2v) is 4.90. The summed E-state index contributed by atoms with van der Waals surface area (Å²) in [4.78, 5) is 13.0. The van der Waals surface area contributed by atoms with Crippen LogP contribution in [0, 0.1) is 0 Å². The third-order valence-corrected chi connectivity index (χ3v) is 3.36. The quantitative estimate of drug-likeness (QED) is 0.804. The van der Waals surface area contributed by atoms with Crippen LogP contribution < -0.4 is 9.80 Å². The van der Waals surface area contributed by atoms with Crippen molar-refractivity contribution in [3.05, 3.63) is 42.7 Å². The summed E-state index contributed by atoms with van der Waals surface area (Å²) in [6.45, 7) is 3.21. The smallest absolute Gasteiger partial charge is 0.138 e. The van der Waals surface area contributed by atoms with Gasteiger partial charge in [0.25, 0.3) is 0 Å². The lowest BCUT2D eigenvalue weighted by atomic mass is 10.3. The molecule has 2 rings (SSSR count). The van der Waals surface area contributed by atoms with Crippen LogP contribution in [0.4, 0.5) is 17.3 Å². The highest BCUT2D eigenvalue weighted by molar-refractivity contribution is 5.61. The number of anilines is 3. The Hall–Kier alpha value is -2.10. The number of para-hydroxylation sites is 1. The Labute approximate surface area is 121 Å². The minimum atomic E-state index is 0.907. The molecule has 20 heavy (non-hydrogen) atoms. The standard InChI is InChI=1S/C16H22N4/c1-4-5-11-19(2)15-12-16(18-13-17-15)20(3)14-9-7-6-8-10-14/h6-10,12-13H,4-5,11H2,1-3H3. The summed E-state index contributed by atoms with van der Waals surface area (Å²) in [5.41, 5.74) is 1.12. The van der Waals surface area contributed by atoms with E-state index in [4.69, 9.17) is 0 Å². The maximum Gasteiger partial charge on any atom is 0.138 e. The van der Waals surface area contributed by atoms with E-state index in [0.717, 1.165) is 23.9 Å². The Kier molecular flexibility index (Phi) is 4.93. The molecule has 0 spiro atoms. The average molecular weight is 270 g/mol. The first-order valence-electron chi connectivity index (χ1n) is 7.04. The number of rotatable bonds is 6. The van der Waals surface area contributed by atoms with Crippen molar-refractivity contribution in [2.24, 2.45) is 0 Å². The Morgan fingerprint density at radius 3 is 2.40 bits per heavy atom. The van der Waals surface area contributed by atoms with Gasteiger partial charge in [-0.3, -0.25) is 0 Å². The maximum absolute atomic E-state index is 4.37. The average Bonchev–Trinajstić information content (AvgIpc) is 2.52. The molecule has 106 valence electrons. The molecule has 0 radical (unpaired) electrons. The minimum absolute atomic E-state index is 0.907. The Morgan fingerprint density at radius 1 is 1.00 bits per heavy atom. The highest BCUT2D eigenvalue weighted by Crippen LogP contribution is 2.23. The van der Waals surface area contributed by atoms with Crippen LogP contribution in [0.15, 0.2) is 42.7 Å². The fraction of sp³-hybridized carbons (Fsp3) is 0.375. The van der Waals surface area contributed by atoms with E-state index in [2.05, 4.69) is 45.9 Å². The predicted octanol–water partition coefficient (Wildman–Crippen LogP) is 3.48. The van der Waals surface area contributed by atoms with Gasteiger partial charge in [0.05, 0.1) is 0 Å². The second kappa shape index (κ2) is 6.89. The zero-order valence-electron chi connectivity index (χ0n) is 12.5. The molecule has 4 nitrogen and oxygen atoms in total. The van der Waals surface area contributed by atoms with Gasteiger partial charge in [0.1, 0.15) is 18.0 Å². The molecule has 0 aliphatic rings. The van der Waals surface area contributed by atoms with Crippen molar-refractivity contribution in [1.82, 2.24) is 9.97 Å². The molecule has 0 saturated carbocycles. The molecule has 0 amide bonds. The van der Waals surface area contributed by atoms with Gasteiger partial charge >= 0.3 is 0 Å². The van der Waals surface area contributed by atoms with Crippen LogP contribution in [0.25, 0.3) is 0 Å². The number of nitrogens with zero attached hydrogens (tertiary/aromatic N) is 4. The van der Waals surface area contributed by atoms with Crippen LogP contribution in [0.1, 0.15) is 19.8 Å². The molecule has 0 saturated heterocycles. The Balaban J connectivity index is 2.17. The fourth-order valence-corrected chi connectivity index (χ4v) is 2.02. The van der Waals surface area contributed by atoms with Crippen LogP contribution in [0.3, 0.4) is 0 Å². The summed E-state index contributed by atoms with van der Waals surface area (Å²) in [7, 11) is 4.10. The molecule has 0 fully saturated rings. The molecule has 0 aliphatic carbocycles. The summed E-state index contributed by atoms with van der Waals surface area (Å²) in [6, 6.07) is 12.2. The summed E-state index contributed by atoms with van der Waals surface area (Å²) in [5.74, 6) is 1.87. The third-order valence-electron chi connectivity index (χ3n) is 3.36. The van der Waals surface area contributed by atoms with Crippen molar-refractivity contribution in [2.75, 3.05) is 30.4 Å². The fourth-order valence-electron chi connectivity index (χ4n) is 2.02. The normalized spacial score (nSPS) is 10.3. The van der Waals surface area contributed by atoms with Crippen molar-refractivity contribution in [2.45, 2.75) is 19.8 Å². The van der Waals surface area contributed by atoms with Crippen molar-refractivity contribution in [3.8, 4) is 0 Å². The highest BCUT2D eigenvalue weighted by atomic mass is 15.2. The van der Waals surface area contributed by atoms with E-state index in [1.165, 1.54) is 12.8 Å². The second-order valence-electron chi connectivity index (χ2n) is 4.90. The Bertz CT molecular complexity index is 527. The predicted molar refractivity (Wildman–Crippen MR) is 84.7 cm³/mol. The number of hydrogen-bond donors (Lipinski definition) is 0. The molecule has 1 aromatic carbocycles. The van der Waals surface area contributed by atoms with Gasteiger partial charge in [-0.2, -0.15) is 0 Å². The van der Waals surface area contributed by atoms with Gasteiger partial charge in [0.2, 0.25) is 0 Å². The van der Waals surface area contributed by atoms with E-state index in [1.807, 2.05) is 31.3 Å². The molecule has 0 bridgehead atoms. The molecule has 4 heteroatoms. The van der Waals surface area contributed by atoms with E-state index < -0.39 is 0 Å². The SMILES string of the molecule is CCCCN(C)c1cc(N(C)c2ccccc2)ncn1. The first-order chi connectivity index (χ1) is 9.72. The lowest BCUT2D eigenvalue weighted by molar-refractivity contribution is 0.758. The van der Waals surface area contributed by atoms with Crippen LogP contribution in [0.2, 0.25) is 0 Å². The zero-order chi connectivity index (χ0) is 14.4. The largest absolute Gasteiger partial charge is 0.360 e. The molecular weight excluding hydrogens is 248 g/mol. The molecule has 0 aliphatic heterocycles. The van der Waals surface area contributed by atoms with Gasteiger partial charge in [-0.05, 0) is 18.6 Å². The first-order valence-corrected chi connectivity index (χ1v) is 7.04. The van der Waals surface area contributed by atoms with Crippen LogP contribution >= 0.6 is 0 Å². The molecule has 0 unspecified atom stereocenters. The molecule has 2 aromatic rings. The van der Waals surface area contributed by atoms with Gasteiger partial charge < -0.3 is 9.80 Å². The Morgan fingerprint density at radius 2 is 1.70 bits per heavy atom. The number of aromatic nitrogens is 2. The number of benzene rings is 1.